The third-order valence-electron chi connectivity index (χ3n) is 2.96. The first-order valence-electron chi connectivity index (χ1n) is 6.74. The van der Waals surface area contributed by atoms with Crippen LogP contribution < -0.4 is 0 Å². The third kappa shape index (κ3) is 5.72. The molecule has 112 valence electrons. The average molecular weight is 306 g/mol. The Labute approximate surface area is 124 Å². The molecule has 0 aliphatic heterocycles. The molecule has 2 rings (SSSR count). The monoisotopic (exact) mass is 306 g/mol. The van der Waals surface area contributed by atoms with E-state index >= 15 is 0 Å². The summed E-state index contributed by atoms with van der Waals surface area (Å²) in [4.78, 5) is 0. The van der Waals surface area contributed by atoms with Crippen molar-refractivity contribution >= 4 is 7.60 Å². The molecule has 0 spiro atoms. The van der Waals surface area contributed by atoms with Gasteiger partial charge in [-0.2, -0.15) is 0 Å². The summed E-state index contributed by atoms with van der Waals surface area (Å²) >= 11 is 0. The molecule has 1 N–H and O–H groups in total. The summed E-state index contributed by atoms with van der Waals surface area (Å²) in [6, 6.07) is 16.4. The first-order valence-corrected chi connectivity index (χ1v) is 8.72. The summed E-state index contributed by atoms with van der Waals surface area (Å²) in [6.45, 7) is 2.06. The van der Waals surface area contributed by atoms with E-state index in [4.69, 9.17) is 9.05 Å². The van der Waals surface area contributed by atoms with Crippen molar-refractivity contribution in [2.45, 2.75) is 13.0 Å². The fourth-order valence-electron chi connectivity index (χ4n) is 1.80. The topological polar surface area (TPSA) is 55.8 Å². The quantitative estimate of drug-likeness (QED) is 0.786. The zero-order chi connectivity index (χ0) is 15.1. The van der Waals surface area contributed by atoms with Gasteiger partial charge in [0.1, 0.15) is 5.75 Å². The molecule has 1 atom stereocenters. The fraction of sp³-hybridized carbons (Fsp3) is 0.250. The normalized spacial score (nSPS) is 13.8. The van der Waals surface area contributed by atoms with Gasteiger partial charge in [-0.1, -0.05) is 42.5 Å². The molecule has 5 heteroatoms. The minimum absolute atomic E-state index is 0.229. The first-order chi connectivity index (χ1) is 10.1. The molecule has 2 aromatic carbocycles. The summed E-state index contributed by atoms with van der Waals surface area (Å²) in [5.41, 5.74) is 1.97. The minimum Gasteiger partial charge on any atom is -0.508 e. The second-order valence-electron chi connectivity index (χ2n) is 4.78. The maximum absolute atomic E-state index is 12.1. The van der Waals surface area contributed by atoms with Crippen LogP contribution in [0.1, 0.15) is 11.1 Å². The first kappa shape index (κ1) is 15.8. The van der Waals surface area contributed by atoms with E-state index in [2.05, 4.69) is 0 Å². The molecule has 0 radical (unpaired) electrons. The van der Waals surface area contributed by atoms with Crippen LogP contribution in [-0.4, -0.2) is 18.4 Å². The van der Waals surface area contributed by atoms with Gasteiger partial charge in [0, 0.05) is 6.66 Å². The predicted octanol–water partition coefficient (Wildman–Crippen LogP) is 3.99. The molecule has 21 heavy (non-hydrogen) atoms. The summed E-state index contributed by atoms with van der Waals surface area (Å²) in [5, 5.41) is 9.19. The smallest absolute Gasteiger partial charge is 0.327 e. The highest BCUT2D eigenvalue weighted by atomic mass is 31.2. The molecule has 0 bridgehead atoms. The Bertz CT molecular complexity index is 595. The third-order valence-corrected chi connectivity index (χ3v) is 4.21. The van der Waals surface area contributed by atoms with Crippen molar-refractivity contribution in [1.29, 1.82) is 0 Å². The van der Waals surface area contributed by atoms with Gasteiger partial charge in [-0.3, -0.25) is 4.57 Å². The van der Waals surface area contributed by atoms with E-state index in [-0.39, 0.29) is 12.4 Å². The zero-order valence-electron chi connectivity index (χ0n) is 11.9. The van der Waals surface area contributed by atoms with E-state index in [0.717, 1.165) is 11.1 Å². The van der Waals surface area contributed by atoms with Crippen LogP contribution in [0, 0.1) is 0 Å². The van der Waals surface area contributed by atoms with Gasteiger partial charge >= 0.3 is 7.60 Å². The Morgan fingerprint density at radius 2 is 1.62 bits per heavy atom. The number of phenols is 1. The molecule has 0 aliphatic carbocycles. The Morgan fingerprint density at radius 1 is 0.952 bits per heavy atom. The van der Waals surface area contributed by atoms with Crippen LogP contribution >= 0.6 is 7.60 Å². The SMILES string of the molecule is CP(=O)(OCCc1ccc(O)cc1)OCc1ccccc1. The van der Waals surface area contributed by atoms with Crippen LogP contribution in [0.5, 0.6) is 5.75 Å². The van der Waals surface area contributed by atoms with Crippen LogP contribution in [0.2, 0.25) is 0 Å². The van der Waals surface area contributed by atoms with Crippen molar-refractivity contribution < 1.29 is 18.7 Å². The summed E-state index contributed by atoms with van der Waals surface area (Å²) < 4.78 is 22.9. The maximum Gasteiger partial charge on any atom is 0.327 e. The lowest BCUT2D eigenvalue weighted by atomic mass is 10.2. The number of phenolic OH excluding ortho intramolecular Hbond substituents is 1. The summed E-state index contributed by atoms with van der Waals surface area (Å²) in [6.07, 6.45) is 0.618. The summed E-state index contributed by atoms with van der Waals surface area (Å²) in [5.74, 6) is 0.229. The van der Waals surface area contributed by atoms with Crippen molar-refractivity contribution in [3.05, 3.63) is 65.7 Å². The van der Waals surface area contributed by atoms with E-state index in [0.29, 0.717) is 13.0 Å². The zero-order valence-corrected chi connectivity index (χ0v) is 12.8. The van der Waals surface area contributed by atoms with Crippen LogP contribution in [0.4, 0.5) is 0 Å². The van der Waals surface area contributed by atoms with Gasteiger partial charge in [-0.15, -0.1) is 0 Å². The molecule has 0 fully saturated rings. The second-order valence-corrected chi connectivity index (χ2v) is 6.84. The van der Waals surface area contributed by atoms with Crippen LogP contribution in [-0.2, 0) is 26.6 Å². The van der Waals surface area contributed by atoms with Gasteiger partial charge in [0.25, 0.3) is 0 Å². The molecule has 0 amide bonds. The van der Waals surface area contributed by atoms with E-state index in [1.54, 1.807) is 12.1 Å². The van der Waals surface area contributed by atoms with Crippen LogP contribution in [0.25, 0.3) is 0 Å². The average Bonchev–Trinajstić information content (AvgIpc) is 2.48. The number of rotatable bonds is 7. The lowest BCUT2D eigenvalue weighted by Crippen LogP contribution is -2.00. The minimum atomic E-state index is -3.05. The lowest BCUT2D eigenvalue weighted by molar-refractivity contribution is 0.204. The van der Waals surface area contributed by atoms with Crippen molar-refractivity contribution in [2.24, 2.45) is 0 Å². The van der Waals surface area contributed by atoms with Gasteiger partial charge < -0.3 is 14.2 Å². The number of hydrogen-bond donors (Lipinski definition) is 1. The molecule has 0 heterocycles. The summed E-state index contributed by atoms with van der Waals surface area (Å²) in [7, 11) is -3.05. The van der Waals surface area contributed by atoms with Crippen LogP contribution in [0.15, 0.2) is 54.6 Å². The maximum atomic E-state index is 12.1. The Morgan fingerprint density at radius 3 is 2.29 bits per heavy atom. The molecule has 1 unspecified atom stereocenters. The van der Waals surface area contributed by atoms with Crippen molar-refractivity contribution in [3.63, 3.8) is 0 Å². The number of aromatic hydroxyl groups is 1. The lowest BCUT2D eigenvalue weighted by Gasteiger charge is -2.14. The van der Waals surface area contributed by atoms with E-state index < -0.39 is 7.60 Å². The van der Waals surface area contributed by atoms with Gasteiger partial charge in [0.2, 0.25) is 0 Å². The van der Waals surface area contributed by atoms with Gasteiger partial charge in [-0.25, -0.2) is 0 Å². The highest BCUT2D eigenvalue weighted by Gasteiger charge is 2.16. The van der Waals surface area contributed by atoms with Crippen molar-refractivity contribution in [1.82, 2.24) is 0 Å². The Kier molecular flexibility index (Phi) is 5.57. The molecule has 0 saturated heterocycles. The Hall–Kier alpha value is -1.61. The van der Waals surface area contributed by atoms with Gasteiger partial charge in [0.05, 0.1) is 13.2 Å². The highest BCUT2D eigenvalue weighted by molar-refractivity contribution is 7.52. The predicted molar refractivity (Wildman–Crippen MR) is 82.5 cm³/mol. The molecule has 0 saturated carbocycles. The molecular weight excluding hydrogens is 287 g/mol. The molecule has 0 aromatic heterocycles. The van der Waals surface area contributed by atoms with Crippen LogP contribution in [0.3, 0.4) is 0 Å². The molecule has 2 aromatic rings. The number of benzene rings is 2. The second kappa shape index (κ2) is 7.41. The van der Waals surface area contributed by atoms with E-state index in [9.17, 15) is 9.67 Å². The van der Waals surface area contributed by atoms with E-state index in [1.807, 2.05) is 42.5 Å². The highest BCUT2D eigenvalue weighted by Crippen LogP contribution is 2.44. The Balaban J connectivity index is 1.76. The van der Waals surface area contributed by atoms with Crippen molar-refractivity contribution in [3.8, 4) is 5.75 Å². The largest absolute Gasteiger partial charge is 0.508 e. The molecular formula is C16H19O4P. The van der Waals surface area contributed by atoms with E-state index in [1.165, 1.54) is 6.66 Å². The van der Waals surface area contributed by atoms with Gasteiger partial charge in [0.15, 0.2) is 0 Å². The molecule has 4 nitrogen and oxygen atoms in total. The fourth-order valence-corrected chi connectivity index (χ4v) is 2.68. The molecule has 0 aliphatic rings. The van der Waals surface area contributed by atoms with Crippen molar-refractivity contribution in [2.75, 3.05) is 13.3 Å². The number of hydrogen-bond acceptors (Lipinski definition) is 4. The van der Waals surface area contributed by atoms with Gasteiger partial charge in [-0.05, 0) is 29.7 Å². The standard InChI is InChI=1S/C16H19O4P/c1-21(18,20-13-15-5-3-2-4-6-15)19-12-11-14-7-9-16(17)10-8-14/h2-10,17H,11-13H2,1H3.